The molecule has 0 radical (unpaired) electrons. The molecule has 15 heteroatoms. The quantitative estimate of drug-likeness (QED) is 0.0427. The van der Waals surface area contributed by atoms with Gasteiger partial charge in [0.25, 0.3) is 0 Å². The zero-order chi connectivity index (χ0) is 31.5. The molecular formula is C27H47N9O6. The molecule has 0 aliphatic carbocycles. The predicted octanol–water partition coefficient (Wildman–Crippen LogP) is -1.89. The fraction of sp³-hybridized carbons (Fsp3) is 0.593. The minimum absolute atomic E-state index is 0.0792. The van der Waals surface area contributed by atoms with Gasteiger partial charge >= 0.3 is 5.97 Å². The summed E-state index contributed by atoms with van der Waals surface area (Å²) in [4.78, 5) is 55.1. The number of phenols is 1. The standard InChI is InChI=1S/C27H47N9O6/c28-13-3-1-6-20(34-23(38)19(30)16-17-9-11-18(37)12-10-17)24(39)35-21(8-5-15-33-27(31)32)25(40)36-22(26(41)42)7-2-4-14-29/h9-12,19-22,37H,1-8,13-16,28-30H2,(H,34,38)(H,35,39)(H,36,40)(H,41,42)(H4,31,32,33). The van der Waals surface area contributed by atoms with Gasteiger partial charge in [-0.05, 0) is 88.6 Å². The number of rotatable bonds is 21. The van der Waals surface area contributed by atoms with Crippen molar-refractivity contribution in [1.29, 1.82) is 0 Å². The third-order valence-electron chi connectivity index (χ3n) is 6.45. The highest BCUT2D eigenvalue weighted by molar-refractivity contribution is 5.94. The molecule has 42 heavy (non-hydrogen) atoms. The van der Waals surface area contributed by atoms with Crippen molar-refractivity contribution in [3.05, 3.63) is 29.8 Å². The number of hydrogen-bond acceptors (Lipinski definition) is 9. The molecule has 0 heterocycles. The van der Waals surface area contributed by atoms with Crippen molar-refractivity contribution >= 4 is 29.7 Å². The van der Waals surface area contributed by atoms with E-state index in [-0.39, 0.29) is 43.9 Å². The van der Waals surface area contributed by atoms with E-state index in [1.54, 1.807) is 12.1 Å². The lowest BCUT2D eigenvalue weighted by Gasteiger charge is -2.25. The lowest BCUT2D eigenvalue weighted by atomic mass is 10.0. The number of carboxylic acid groups (broad SMARTS) is 1. The molecule has 0 aliphatic rings. The molecule has 3 amide bonds. The summed E-state index contributed by atoms with van der Waals surface area (Å²) >= 11 is 0. The number of phenolic OH excluding ortho intramolecular Hbond substituents is 1. The Morgan fingerprint density at radius 3 is 1.71 bits per heavy atom. The minimum atomic E-state index is -1.21. The molecule has 236 valence electrons. The van der Waals surface area contributed by atoms with E-state index in [0.29, 0.717) is 45.2 Å². The number of aliphatic carboxylic acids is 1. The fourth-order valence-corrected chi connectivity index (χ4v) is 4.09. The Morgan fingerprint density at radius 1 is 0.738 bits per heavy atom. The maximum Gasteiger partial charge on any atom is 0.326 e. The molecular weight excluding hydrogens is 546 g/mol. The normalized spacial score (nSPS) is 13.7. The lowest BCUT2D eigenvalue weighted by molar-refractivity contribution is -0.142. The van der Waals surface area contributed by atoms with Crippen molar-refractivity contribution in [2.24, 2.45) is 33.7 Å². The van der Waals surface area contributed by atoms with Gasteiger partial charge in [0.2, 0.25) is 17.7 Å². The Balaban J connectivity index is 3.03. The molecule has 15 N–H and O–H groups in total. The first-order valence-electron chi connectivity index (χ1n) is 14.1. The average Bonchev–Trinajstić information content (AvgIpc) is 2.94. The molecule has 0 bridgehead atoms. The first-order valence-corrected chi connectivity index (χ1v) is 14.1. The highest BCUT2D eigenvalue weighted by atomic mass is 16.4. The van der Waals surface area contributed by atoms with E-state index in [2.05, 4.69) is 20.9 Å². The van der Waals surface area contributed by atoms with E-state index in [1.807, 2.05) is 0 Å². The molecule has 1 aromatic carbocycles. The Kier molecular flexibility index (Phi) is 17.2. The van der Waals surface area contributed by atoms with E-state index >= 15 is 0 Å². The predicted molar refractivity (Wildman–Crippen MR) is 159 cm³/mol. The number of unbranched alkanes of at least 4 members (excludes halogenated alkanes) is 2. The monoisotopic (exact) mass is 593 g/mol. The van der Waals surface area contributed by atoms with E-state index < -0.39 is 47.9 Å². The Morgan fingerprint density at radius 2 is 1.21 bits per heavy atom. The molecule has 15 nitrogen and oxygen atoms in total. The number of guanidine groups is 1. The lowest BCUT2D eigenvalue weighted by Crippen LogP contribution is -2.57. The van der Waals surface area contributed by atoms with Crippen LogP contribution in [0.25, 0.3) is 0 Å². The second kappa shape index (κ2) is 20.0. The van der Waals surface area contributed by atoms with Gasteiger partial charge in [-0.2, -0.15) is 0 Å². The SMILES string of the molecule is NCCCCC(NC(=O)C(CCCN=C(N)N)NC(=O)C(CCCCN)NC(=O)C(N)Cc1ccc(O)cc1)C(=O)O. The number of aromatic hydroxyl groups is 1. The number of nitrogens with one attached hydrogen (secondary N) is 3. The van der Waals surface area contributed by atoms with Crippen LogP contribution < -0.4 is 44.6 Å². The van der Waals surface area contributed by atoms with Crippen LogP contribution in [0.5, 0.6) is 5.75 Å². The summed E-state index contributed by atoms with van der Waals surface area (Å²) < 4.78 is 0. The number of benzene rings is 1. The van der Waals surface area contributed by atoms with Crippen LogP contribution in [0.3, 0.4) is 0 Å². The van der Waals surface area contributed by atoms with E-state index in [1.165, 1.54) is 12.1 Å². The van der Waals surface area contributed by atoms with E-state index in [4.69, 9.17) is 28.7 Å². The number of nitrogens with two attached hydrogens (primary N) is 5. The van der Waals surface area contributed by atoms with Crippen LogP contribution in [0, 0.1) is 0 Å². The second-order valence-electron chi connectivity index (χ2n) is 10.0. The molecule has 0 fully saturated rings. The molecule has 4 unspecified atom stereocenters. The smallest absolute Gasteiger partial charge is 0.326 e. The average molecular weight is 594 g/mol. The fourth-order valence-electron chi connectivity index (χ4n) is 4.09. The molecule has 0 saturated heterocycles. The van der Waals surface area contributed by atoms with Crippen LogP contribution in [0.4, 0.5) is 0 Å². The summed E-state index contributed by atoms with van der Waals surface area (Å²) in [6.07, 6.45) is 3.20. The van der Waals surface area contributed by atoms with Gasteiger partial charge < -0.3 is 54.8 Å². The molecule has 0 spiro atoms. The Bertz CT molecular complexity index is 1020. The Hall–Kier alpha value is -3.95. The van der Waals surface area contributed by atoms with Crippen LogP contribution in [0.2, 0.25) is 0 Å². The zero-order valence-corrected chi connectivity index (χ0v) is 24.0. The summed E-state index contributed by atoms with van der Waals surface area (Å²) in [7, 11) is 0. The molecule has 1 aromatic rings. The highest BCUT2D eigenvalue weighted by Crippen LogP contribution is 2.12. The van der Waals surface area contributed by atoms with Crippen LogP contribution >= 0.6 is 0 Å². The number of nitrogens with zero attached hydrogens (tertiary/aromatic N) is 1. The summed E-state index contributed by atoms with van der Waals surface area (Å²) in [5.41, 5.74) is 28.6. The summed E-state index contributed by atoms with van der Waals surface area (Å²) in [6, 6.07) is 1.94. The third kappa shape index (κ3) is 14.6. The zero-order valence-electron chi connectivity index (χ0n) is 24.0. The second-order valence-corrected chi connectivity index (χ2v) is 10.0. The van der Waals surface area contributed by atoms with Crippen molar-refractivity contribution in [3.63, 3.8) is 0 Å². The number of aliphatic imine (C=N–C) groups is 1. The van der Waals surface area contributed by atoms with Crippen molar-refractivity contribution < 1.29 is 29.4 Å². The molecule has 0 aromatic heterocycles. The van der Waals surface area contributed by atoms with Crippen molar-refractivity contribution in [2.45, 2.75) is 82.0 Å². The number of hydrogen-bond donors (Lipinski definition) is 10. The van der Waals surface area contributed by atoms with Gasteiger partial charge in [0.1, 0.15) is 23.9 Å². The Labute approximate surface area is 246 Å². The van der Waals surface area contributed by atoms with Crippen molar-refractivity contribution in [1.82, 2.24) is 16.0 Å². The van der Waals surface area contributed by atoms with Gasteiger partial charge in [-0.15, -0.1) is 0 Å². The van der Waals surface area contributed by atoms with E-state index in [0.717, 1.165) is 5.56 Å². The largest absolute Gasteiger partial charge is 0.508 e. The first-order chi connectivity index (χ1) is 20.0. The molecule has 0 saturated carbocycles. The number of carboxylic acids is 1. The van der Waals surface area contributed by atoms with Gasteiger partial charge in [0.05, 0.1) is 6.04 Å². The molecule has 1 rings (SSSR count). The minimum Gasteiger partial charge on any atom is -0.508 e. The molecule has 0 aliphatic heterocycles. The summed E-state index contributed by atoms with van der Waals surface area (Å²) in [5, 5.41) is 26.9. The van der Waals surface area contributed by atoms with Crippen LogP contribution in [0.1, 0.15) is 56.9 Å². The van der Waals surface area contributed by atoms with Crippen molar-refractivity contribution in [3.8, 4) is 5.75 Å². The highest BCUT2D eigenvalue weighted by Gasteiger charge is 2.30. The van der Waals surface area contributed by atoms with E-state index in [9.17, 15) is 29.4 Å². The maximum absolute atomic E-state index is 13.4. The van der Waals surface area contributed by atoms with Gasteiger partial charge in [-0.1, -0.05) is 12.1 Å². The van der Waals surface area contributed by atoms with Crippen LogP contribution in [-0.2, 0) is 25.6 Å². The summed E-state index contributed by atoms with van der Waals surface area (Å²) in [6.45, 7) is 0.961. The van der Waals surface area contributed by atoms with Gasteiger partial charge in [-0.25, -0.2) is 4.79 Å². The first kappa shape index (κ1) is 36.1. The van der Waals surface area contributed by atoms with Gasteiger partial charge in [-0.3, -0.25) is 19.4 Å². The topological polar surface area (TPSA) is 287 Å². The number of carbonyl (C=O) groups excluding carboxylic acids is 3. The maximum atomic E-state index is 13.4. The third-order valence-corrected chi connectivity index (χ3v) is 6.45. The van der Waals surface area contributed by atoms with Crippen LogP contribution in [0.15, 0.2) is 29.3 Å². The van der Waals surface area contributed by atoms with Crippen molar-refractivity contribution in [2.75, 3.05) is 19.6 Å². The van der Waals surface area contributed by atoms with Gasteiger partial charge in [0, 0.05) is 6.54 Å². The van der Waals surface area contributed by atoms with Gasteiger partial charge in [0.15, 0.2) is 5.96 Å². The molecule has 4 atom stereocenters. The number of amides is 3. The summed E-state index contributed by atoms with van der Waals surface area (Å²) in [5.74, 6) is -3.15. The number of carbonyl (C=O) groups is 4. The van der Waals surface area contributed by atoms with Crippen LogP contribution in [-0.4, -0.2) is 83.7 Å².